The average molecular weight is 561 g/mol. The number of benzene rings is 2. The third kappa shape index (κ3) is 8.43. The summed E-state index contributed by atoms with van der Waals surface area (Å²) in [5.74, 6) is -3.67. The van der Waals surface area contributed by atoms with Crippen molar-refractivity contribution >= 4 is 46.6 Å². The van der Waals surface area contributed by atoms with E-state index in [0.717, 1.165) is 30.0 Å². The van der Waals surface area contributed by atoms with E-state index in [9.17, 15) is 35.5 Å². The molecule has 35 heavy (non-hydrogen) atoms. The largest absolute Gasteiger partial charge is 0.417 e. The first-order chi connectivity index (χ1) is 16.1. The Morgan fingerprint density at radius 3 is 2.14 bits per heavy atom. The number of hydrogen-bond acceptors (Lipinski definition) is 2. The number of rotatable bonds is 9. The summed E-state index contributed by atoms with van der Waals surface area (Å²) < 4.78 is 97.0. The molecule has 2 rings (SSSR count). The van der Waals surface area contributed by atoms with Crippen molar-refractivity contribution in [3.63, 3.8) is 0 Å². The summed E-state index contributed by atoms with van der Waals surface area (Å²) >= 11 is 13.0. The van der Waals surface area contributed by atoms with E-state index >= 15 is 0 Å². The summed E-state index contributed by atoms with van der Waals surface area (Å²) in [6, 6.07) is 5.08. The number of carbonyl (C=O) groups is 1. The van der Waals surface area contributed by atoms with Crippen molar-refractivity contribution in [3.05, 3.63) is 74.8 Å². The lowest BCUT2D eigenvalue weighted by Crippen LogP contribution is -2.19. The van der Waals surface area contributed by atoms with Crippen LogP contribution in [-0.2, 0) is 6.18 Å². The van der Waals surface area contributed by atoms with Gasteiger partial charge in [0.25, 0.3) is 0 Å². The SMILES string of the molecule is CCSC[C@@H](C)CC(=O)c1ccc(/C(F)=C/C(c2cc(Cl)cc(Cl)c2)C(F)(F)F)cc1C(F)(F)F. The minimum atomic E-state index is -5.02. The highest BCUT2D eigenvalue weighted by Gasteiger charge is 2.40. The van der Waals surface area contributed by atoms with Crippen LogP contribution in [0.15, 0.2) is 42.5 Å². The van der Waals surface area contributed by atoms with Crippen LogP contribution in [0.25, 0.3) is 5.83 Å². The lowest BCUT2D eigenvalue weighted by atomic mass is 9.93. The first-order valence-electron chi connectivity index (χ1n) is 10.4. The van der Waals surface area contributed by atoms with Crippen LogP contribution in [0.2, 0.25) is 10.0 Å². The van der Waals surface area contributed by atoms with Crippen LogP contribution in [0.4, 0.5) is 30.7 Å². The van der Waals surface area contributed by atoms with E-state index in [-0.39, 0.29) is 28.5 Å². The van der Waals surface area contributed by atoms with Crippen molar-refractivity contribution in [1.82, 2.24) is 0 Å². The predicted molar refractivity (Wildman–Crippen MR) is 127 cm³/mol. The first-order valence-corrected chi connectivity index (χ1v) is 12.3. The lowest BCUT2D eigenvalue weighted by Gasteiger charge is -2.19. The average Bonchev–Trinajstić information content (AvgIpc) is 2.73. The van der Waals surface area contributed by atoms with Crippen LogP contribution in [0.3, 0.4) is 0 Å². The third-order valence-electron chi connectivity index (χ3n) is 4.95. The molecule has 0 saturated heterocycles. The van der Waals surface area contributed by atoms with E-state index < -0.39 is 52.1 Å². The maximum atomic E-state index is 14.9. The van der Waals surface area contributed by atoms with E-state index in [1.54, 1.807) is 6.92 Å². The molecule has 0 spiro atoms. The first kappa shape index (κ1) is 29.5. The standard InChI is InChI=1S/C24H21Cl2F7OS/c1-3-35-12-13(2)6-22(34)18-5-4-14(9-20(18)24(31,32)33)21(27)11-19(23(28,29)30)15-7-16(25)10-17(26)8-15/h4-5,7-11,13,19H,3,6,12H2,1-2H3/b21-11-/t13-,19?/m0/s1. The fraction of sp³-hybridized carbons (Fsp3) is 0.375. The minimum absolute atomic E-state index is 0.121. The number of ketones is 1. The Morgan fingerprint density at radius 1 is 1.03 bits per heavy atom. The Balaban J connectivity index is 2.49. The molecule has 0 heterocycles. The monoisotopic (exact) mass is 560 g/mol. The Bertz CT molecular complexity index is 1060. The number of allylic oxidation sites excluding steroid dienone is 1. The van der Waals surface area contributed by atoms with Crippen LogP contribution >= 0.6 is 35.0 Å². The third-order valence-corrected chi connectivity index (χ3v) is 6.60. The van der Waals surface area contributed by atoms with Crippen molar-refractivity contribution in [3.8, 4) is 0 Å². The molecule has 0 amide bonds. The number of alkyl halides is 6. The van der Waals surface area contributed by atoms with Crippen molar-refractivity contribution in [2.24, 2.45) is 5.92 Å². The molecular weight excluding hydrogens is 540 g/mol. The van der Waals surface area contributed by atoms with Crippen LogP contribution in [-0.4, -0.2) is 23.5 Å². The molecule has 0 aliphatic rings. The fourth-order valence-corrected chi connectivity index (χ4v) is 4.65. The van der Waals surface area contributed by atoms with E-state index in [2.05, 4.69) is 0 Å². The van der Waals surface area contributed by atoms with Gasteiger partial charge >= 0.3 is 12.4 Å². The number of thioether (sulfide) groups is 1. The molecule has 0 aliphatic heterocycles. The Labute approximate surface area is 212 Å². The number of carbonyl (C=O) groups excluding carboxylic acids is 1. The molecule has 11 heteroatoms. The molecule has 0 aromatic heterocycles. The molecule has 0 aliphatic carbocycles. The van der Waals surface area contributed by atoms with Gasteiger partial charge in [0.2, 0.25) is 0 Å². The molecule has 0 radical (unpaired) electrons. The van der Waals surface area contributed by atoms with Gasteiger partial charge in [-0.2, -0.15) is 38.1 Å². The summed E-state index contributed by atoms with van der Waals surface area (Å²) in [4.78, 5) is 12.5. The van der Waals surface area contributed by atoms with Crippen molar-refractivity contribution in [1.29, 1.82) is 0 Å². The second-order valence-corrected chi connectivity index (χ2v) is 10.1. The molecule has 192 valence electrons. The summed E-state index contributed by atoms with van der Waals surface area (Å²) in [6.45, 7) is 3.63. The van der Waals surface area contributed by atoms with Gasteiger partial charge < -0.3 is 0 Å². The zero-order valence-corrected chi connectivity index (χ0v) is 20.9. The quantitative estimate of drug-likeness (QED) is 0.224. The van der Waals surface area contributed by atoms with Gasteiger partial charge in [0.05, 0.1) is 5.56 Å². The topological polar surface area (TPSA) is 17.1 Å². The van der Waals surface area contributed by atoms with Crippen molar-refractivity contribution in [2.45, 2.75) is 38.5 Å². The molecule has 0 saturated carbocycles. The molecule has 0 bridgehead atoms. The minimum Gasteiger partial charge on any atom is -0.294 e. The maximum absolute atomic E-state index is 14.9. The highest BCUT2D eigenvalue weighted by molar-refractivity contribution is 7.99. The molecule has 1 nitrogen and oxygen atoms in total. The highest BCUT2D eigenvalue weighted by Crippen LogP contribution is 2.41. The Kier molecular flexibility index (Phi) is 10.1. The summed E-state index contributed by atoms with van der Waals surface area (Å²) in [7, 11) is 0. The van der Waals surface area contributed by atoms with Crippen LogP contribution in [0, 0.1) is 5.92 Å². The van der Waals surface area contributed by atoms with Gasteiger partial charge in [0, 0.05) is 27.6 Å². The van der Waals surface area contributed by atoms with E-state index in [0.29, 0.717) is 11.8 Å². The smallest absolute Gasteiger partial charge is 0.294 e. The zero-order valence-electron chi connectivity index (χ0n) is 18.5. The van der Waals surface area contributed by atoms with E-state index in [1.165, 1.54) is 17.8 Å². The van der Waals surface area contributed by atoms with Crippen molar-refractivity contribution in [2.75, 3.05) is 11.5 Å². The second kappa shape index (κ2) is 12.0. The summed E-state index contributed by atoms with van der Waals surface area (Å²) in [5, 5.41) is -0.242. The number of hydrogen-bond donors (Lipinski definition) is 0. The molecule has 0 fully saturated rings. The molecule has 0 N–H and O–H groups in total. The highest BCUT2D eigenvalue weighted by atomic mass is 35.5. The number of Topliss-reactive ketones (excluding diaryl/α,β-unsaturated/α-hetero) is 1. The van der Waals surface area contributed by atoms with Gasteiger partial charge in [-0.15, -0.1) is 0 Å². The number of halogens is 9. The van der Waals surface area contributed by atoms with Gasteiger partial charge in [0.15, 0.2) is 5.78 Å². The lowest BCUT2D eigenvalue weighted by molar-refractivity contribution is -0.140. The summed E-state index contributed by atoms with van der Waals surface area (Å²) in [6.07, 6.45) is -10.0. The molecular formula is C24H21Cl2F7OS. The predicted octanol–water partition coefficient (Wildman–Crippen LogP) is 9.63. The fourth-order valence-electron chi connectivity index (χ4n) is 3.35. The van der Waals surface area contributed by atoms with Crippen LogP contribution < -0.4 is 0 Å². The normalized spacial score (nSPS) is 14.7. The molecule has 1 unspecified atom stereocenters. The van der Waals surface area contributed by atoms with Gasteiger partial charge in [-0.05, 0) is 53.3 Å². The van der Waals surface area contributed by atoms with Crippen molar-refractivity contribution < 1.29 is 35.5 Å². The second-order valence-electron chi connectivity index (χ2n) is 7.89. The Hall–Kier alpha value is -1.71. The molecule has 2 aromatic carbocycles. The van der Waals surface area contributed by atoms with E-state index in [1.807, 2.05) is 6.92 Å². The Morgan fingerprint density at radius 2 is 1.63 bits per heavy atom. The van der Waals surface area contributed by atoms with Crippen LogP contribution in [0.5, 0.6) is 0 Å². The van der Waals surface area contributed by atoms with E-state index in [4.69, 9.17) is 23.2 Å². The van der Waals surface area contributed by atoms with Crippen LogP contribution in [0.1, 0.15) is 53.2 Å². The maximum Gasteiger partial charge on any atom is 0.417 e. The zero-order chi connectivity index (χ0) is 26.6. The van der Waals surface area contributed by atoms with Gasteiger partial charge in [-0.3, -0.25) is 4.79 Å². The van der Waals surface area contributed by atoms with Gasteiger partial charge in [0.1, 0.15) is 11.7 Å². The molecule has 2 aromatic rings. The molecule has 2 atom stereocenters. The van der Waals surface area contributed by atoms with Gasteiger partial charge in [-0.1, -0.05) is 49.2 Å². The summed E-state index contributed by atoms with van der Waals surface area (Å²) in [5.41, 5.74) is -3.29. The van der Waals surface area contributed by atoms with Gasteiger partial charge in [-0.25, -0.2) is 4.39 Å².